The summed E-state index contributed by atoms with van der Waals surface area (Å²) in [5.41, 5.74) is -0.373. The molecule has 1 rings (SSSR count). The molecule has 0 N–H and O–H groups in total. The van der Waals surface area contributed by atoms with E-state index < -0.39 is 21.7 Å². The van der Waals surface area contributed by atoms with Gasteiger partial charge in [-0.25, -0.2) is 23.2 Å². The van der Waals surface area contributed by atoms with E-state index in [1.54, 1.807) is 20.8 Å². The first-order chi connectivity index (χ1) is 9.06. The molecule has 0 bridgehead atoms. The van der Waals surface area contributed by atoms with Crippen LogP contribution in [0.5, 0.6) is 0 Å². The van der Waals surface area contributed by atoms with Crippen molar-refractivity contribution in [2.45, 2.75) is 31.7 Å². The van der Waals surface area contributed by atoms with Crippen LogP contribution in [0.4, 0.5) is 10.5 Å². The maximum Gasteiger partial charge on any atom is 0.428 e. The number of sulfonamides is 1. The number of alkyl halides is 1. The van der Waals surface area contributed by atoms with Crippen molar-refractivity contribution in [2.24, 2.45) is 0 Å². The number of nitrogens with zero attached hydrogens (tertiary/aromatic N) is 3. The van der Waals surface area contributed by atoms with E-state index in [2.05, 4.69) is 25.9 Å². The standard InChI is InChI=1S/C11H16BrN3O4S/c1-11(2,3)19-10(16)15(20(4,17)18)9-6-13-7-14-8(9)5-12/h6-7H,5H2,1-4H3. The van der Waals surface area contributed by atoms with Crippen LogP contribution in [-0.2, 0) is 20.1 Å². The average Bonchev–Trinajstić information content (AvgIpc) is 2.25. The van der Waals surface area contributed by atoms with Gasteiger partial charge in [0.2, 0.25) is 10.0 Å². The Balaban J connectivity index is 3.31. The van der Waals surface area contributed by atoms with Gasteiger partial charge in [-0.1, -0.05) is 15.9 Å². The molecule has 20 heavy (non-hydrogen) atoms. The van der Waals surface area contributed by atoms with E-state index in [4.69, 9.17) is 4.74 Å². The maximum atomic E-state index is 12.1. The van der Waals surface area contributed by atoms with E-state index in [1.807, 2.05) is 0 Å². The van der Waals surface area contributed by atoms with Crippen LogP contribution in [0.3, 0.4) is 0 Å². The molecule has 7 nitrogen and oxygen atoms in total. The molecule has 0 unspecified atom stereocenters. The average molecular weight is 366 g/mol. The third-order valence-corrected chi connectivity index (χ3v) is 3.55. The Kier molecular flexibility index (Phi) is 5.09. The fourth-order valence-corrected chi connectivity index (χ4v) is 2.59. The molecule has 1 aromatic rings. The Bertz CT molecular complexity index is 598. The first-order valence-corrected chi connectivity index (χ1v) is 8.61. The number of ether oxygens (including phenoxy) is 1. The maximum absolute atomic E-state index is 12.1. The summed E-state index contributed by atoms with van der Waals surface area (Å²) in [5, 5.41) is 0.277. The van der Waals surface area contributed by atoms with E-state index in [0.717, 1.165) is 6.26 Å². The summed E-state index contributed by atoms with van der Waals surface area (Å²) in [6.45, 7) is 4.95. The largest absolute Gasteiger partial charge is 0.443 e. The van der Waals surface area contributed by atoms with Crippen LogP contribution in [-0.4, -0.2) is 36.3 Å². The van der Waals surface area contributed by atoms with E-state index in [1.165, 1.54) is 12.5 Å². The number of aromatic nitrogens is 2. The zero-order valence-electron chi connectivity index (χ0n) is 11.6. The molecule has 0 aliphatic rings. The van der Waals surface area contributed by atoms with Gasteiger partial charge in [0, 0.05) is 5.33 Å². The van der Waals surface area contributed by atoms with Crippen molar-refractivity contribution in [3.8, 4) is 0 Å². The van der Waals surface area contributed by atoms with Gasteiger partial charge in [-0.05, 0) is 20.8 Å². The lowest BCUT2D eigenvalue weighted by molar-refractivity contribution is 0.0609. The van der Waals surface area contributed by atoms with Crippen molar-refractivity contribution in [3.63, 3.8) is 0 Å². The lowest BCUT2D eigenvalue weighted by Gasteiger charge is -2.26. The number of hydrogen-bond donors (Lipinski definition) is 0. The molecular weight excluding hydrogens is 350 g/mol. The van der Waals surface area contributed by atoms with Gasteiger partial charge in [0.1, 0.15) is 17.6 Å². The molecule has 1 aromatic heterocycles. The van der Waals surface area contributed by atoms with E-state index >= 15 is 0 Å². The van der Waals surface area contributed by atoms with Crippen LogP contribution in [0.15, 0.2) is 12.5 Å². The second-order valence-corrected chi connectivity index (χ2v) is 7.39. The normalized spacial score (nSPS) is 12.1. The zero-order valence-corrected chi connectivity index (χ0v) is 14.0. The lowest BCUT2D eigenvalue weighted by atomic mass is 10.2. The van der Waals surface area contributed by atoms with Gasteiger partial charge in [0.05, 0.1) is 18.1 Å². The van der Waals surface area contributed by atoms with Gasteiger partial charge in [-0.2, -0.15) is 4.31 Å². The quantitative estimate of drug-likeness (QED) is 0.761. The van der Waals surface area contributed by atoms with Crippen molar-refractivity contribution in [2.75, 3.05) is 10.6 Å². The lowest BCUT2D eigenvalue weighted by Crippen LogP contribution is -2.41. The minimum atomic E-state index is -3.86. The van der Waals surface area contributed by atoms with Crippen LogP contribution < -0.4 is 4.31 Å². The SMILES string of the molecule is CC(C)(C)OC(=O)N(c1cncnc1CBr)S(C)(=O)=O. The monoisotopic (exact) mass is 365 g/mol. The molecule has 0 fully saturated rings. The summed E-state index contributed by atoms with van der Waals surface area (Å²) in [7, 11) is -3.86. The molecule has 0 saturated carbocycles. The molecule has 1 amide bonds. The fourth-order valence-electron chi connectivity index (χ4n) is 1.34. The summed E-state index contributed by atoms with van der Waals surface area (Å²) in [6, 6.07) is 0. The summed E-state index contributed by atoms with van der Waals surface area (Å²) in [5.74, 6) is 0. The molecule has 0 radical (unpaired) electrons. The second kappa shape index (κ2) is 6.04. The van der Waals surface area contributed by atoms with Crippen LogP contribution in [0.1, 0.15) is 26.5 Å². The Morgan fingerprint density at radius 2 is 2.05 bits per heavy atom. The summed E-state index contributed by atoms with van der Waals surface area (Å²) in [4.78, 5) is 19.8. The Labute approximate surface area is 126 Å². The number of rotatable bonds is 3. The molecule has 9 heteroatoms. The number of carbonyl (C=O) groups excluding carboxylic acids is 1. The Morgan fingerprint density at radius 3 is 2.50 bits per heavy atom. The highest BCUT2D eigenvalue weighted by atomic mass is 79.9. The van der Waals surface area contributed by atoms with Gasteiger partial charge in [-0.3, -0.25) is 0 Å². The van der Waals surface area contributed by atoms with Crippen molar-refractivity contribution in [3.05, 3.63) is 18.2 Å². The summed E-state index contributed by atoms with van der Waals surface area (Å²) < 4.78 is 29.4. The van der Waals surface area contributed by atoms with E-state index in [-0.39, 0.29) is 11.0 Å². The van der Waals surface area contributed by atoms with E-state index in [9.17, 15) is 13.2 Å². The topological polar surface area (TPSA) is 89.5 Å². The molecule has 0 aromatic carbocycles. The second-order valence-electron chi connectivity index (χ2n) is 5.00. The molecule has 0 saturated heterocycles. The van der Waals surface area contributed by atoms with Gasteiger partial charge in [0.25, 0.3) is 0 Å². The van der Waals surface area contributed by atoms with Crippen LogP contribution >= 0.6 is 15.9 Å². The third kappa shape index (κ3) is 4.41. The van der Waals surface area contributed by atoms with Crippen molar-refractivity contribution in [1.82, 2.24) is 9.97 Å². The van der Waals surface area contributed by atoms with Crippen molar-refractivity contribution in [1.29, 1.82) is 0 Å². The molecule has 1 heterocycles. The highest BCUT2D eigenvalue weighted by molar-refractivity contribution is 9.08. The molecule has 0 atom stereocenters. The Morgan fingerprint density at radius 1 is 1.45 bits per heavy atom. The molecule has 0 aliphatic heterocycles. The van der Waals surface area contributed by atoms with Gasteiger partial charge >= 0.3 is 6.09 Å². The van der Waals surface area contributed by atoms with E-state index in [0.29, 0.717) is 10.00 Å². The minimum Gasteiger partial charge on any atom is -0.443 e. The first kappa shape index (κ1) is 16.8. The number of anilines is 1. The molecule has 0 spiro atoms. The predicted octanol–water partition coefficient (Wildman–Crippen LogP) is 2.07. The first-order valence-electron chi connectivity index (χ1n) is 5.64. The fraction of sp³-hybridized carbons (Fsp3) is 0.545. The van der Waals surface area contributed by atoms with Gasteiger partial charge in [0.15, 0.2) is 0 Å². The highest BCUT2D eigenvalue weighted by Gasteiger charge is 2.32. The molecule has 112 valence electrons. The van der Waals surface area contributed by atoms with Gasteiger partial charge < -0.3 is 4.74 Å². The smallest absolute Gasteiger partial charge is 0.428 e. The van der Waals surface area contributed by atoms with Crippen molar-refractivity contribution < 1.29 is 17.9 Å². The van der Waals surface area contributed by atoms with Gasteiger partial charge in [-0.15, -0.1) is 0 Å². The zero-order chi connectivity index (χ0) is 15.6. The van der Waals surface area contributed by atoms with Crippen molar-refractivity contribution >= 4 is 37.7 Å². The number of halogens is 1. The minimum absolute atomic E-state index is 0.0705. The number of amides is 1. The number of carbonyl (C=O) groups is 1. The highest BCUT2D eigenvalue weighted by Crippen LogP contribution is 2.24. The predicted molar refractivity (Wildman–Crippen MR) is 78.2 cm³/mol. The summed E-state index contributed by atoms with van der Waals surface area (Å²) >= 11 is 3.19. The third-order valence-electron chi connectivity index (χ3n) is 2.01. The summed E-state index contributed by atoms with van der Waals surface area (Å²) in [6.07, 6.45) is 2.46. The molecule has 0 aliphatic carbocycles. The molecular formula is C11H16BrN3O4S. The van der Waals surface area contributed by atoms with Crippen LogP contribution in [0.25, 0.3) is 0 Å². The van der Waals surface area contributed by atoms with Crippen LogP contribution in [0.2, 0.25) is 0 Å². The number of hydrogen-bond acceptors (Lipinski definition) is 6. The van der Waals surface area contributed by atoms with Crippen LogP contribution in [0, 0.1) is 0 Å². The Hall–Kier alpha value is -1.22.